The molecule has 1 atom stereocenters. The molecule has 2 aromatic rings. The van der Waals surface area contributed by atoms with Gasteiger partial charge < -0.3 is 19.9 Å². The first-order valence-corrected chi connectivity index (χ1v) is 11.1. The lowest BCUT2D eigenvalue weighted by Crippen LogP contribution is -2.53. The number of aromatic nitrogens is 1. The first-order valence-electron chi connectivity index (χ1n) is 10.7. The number of pyridine rings is 1. The summed E-state index contributed by atoms with van der Waals surface area (Å²) in [4.78, 5) is 33.7. The van der Waals surface area contributed by atoms with Crippen molar-refractivity contribution in [1.29, 1.82) is 0 Å². The lowest BCUT2D eigenvalue weighted by molar-refractivity contribution is -0.0308. The number of hydrogen-bond acceptors (Lipinski definition) is 4. The number of rotatable bonds is 5. The molecule has 1 saturated heterocycles. The molecule has 1 aliphatic heterocycles. The molecule has 2 aliphatic rings. The van der Waals surface area contributed by atoms with E-state index in [9.17, 15) is 9.59 Å². The molecule has 31 heavy (non-hydrogen) atoms. The Bertz CT molecular complexity index is 905. The lowest BCUT2D eigenvalue weighted by Gasteiger charge is -2.37. The van der Waals surface area contributed by atoms with Gasteiger partial charge in [-0.15, -0.1) is 0 Å². The summed E-state index contributed by atoms with van der Waals surface area (Å²) in [7, 11) is 0. The van der Waals surface area contributed by atoms with Gasteiger partial charge in [-0.05, 0) is 43.2 Å². The molecule has 0 spiro atoms. The number of nitrogens with zero attached hydrogens (tertiary/aromatic N) is 3. The fourth-order valence-corrected chi connectivity index (χ4v) is 4.46. The normalized spacial score (nSPS) is 19.3. The number of morpholine rings is 1. The standard InChI is InChI=1S/C23H27ClN4O3/c24-18-6-3-7-19(13-18)26-23(30)27-11-12-31-21(15-27)16-28(20-8-1-2-9-20)22(29)17-5-4-10-25-14-17/h3-7,10,13-14,20-21H,1-2,8-9,11-12,15-16H2,(H,26,30). The van der Waals surface area contributed by atoms with E-state index >= 15 is 0 Å². The molecular weight excluding hydrogens is 416 g/mol. The highest BCUT2D eigenvalue weighted by Gasteiger charge is 2.32. The van der Waals surface area contributed by atoms with E-state index in [1.807, 2.05) is 4.90 Å². The van der Waals surface area contributed by atoms with E-state index in [-0.39, 0.29) is 24.1 Å². The maximum absolute atomic E-state index is 13.2. The van der Waals surface area contributed by atoms with Crippen LogP contribution in [0.3, 0.4) is 0 Å². The van der Waals surface area contributed by atoms with Gasteiger partial charge in [0.25, 0.3) is 5.91 Å². The number of amides is 3. The van der Waals surface area contributed by atoms with Crippen molar-refractivity contribution in [3.63, 3.8) is 0 Å². The van der Waals surface area contributed by atoms with Crippen molar-refractivity contribution in [3.8, 4) is 0 Å². The van der Waals surface area contributed by atoms with Crippen molar-refractivity contribution in [1.82, 2.24) is 14.8 Å². The smallest absolute Gasteiger partial charge is 0.322 e. The number of halogens is 1. The van der Waals surface area contributed by atoms with Gasteiger partial charge in [0.15, 0.2) is 0 Å². The van der Waals surface area contributed by atoms with Gasteiger partial charge in [0.2, 0.25) is 0 Å². The number of carbonyl (C=O) groups is 2. The third kappa shape index (κ3) is 5.54. The summed E-state index contributed by atoms with van der Waals surface area (Å²) >= 11 is 6.01. The zero-order chi connectivity index (χ0) is 21.6. The summed E-state index contributed by atoms with van der Waals surface area (Å²) in [5.41, 5.74) is 1.24. The van der Waals surface area contributed by atoms with E-state index in [4.69, 9.17) is 16.3 Å². The SMILES string of the molecule is O=C(Nc1cccc(Cl)c1)N1CCOC(CN(C(=O)c2cccnc2)C2CCCC2)C1. The number of nitrogens with one attached hydrogen (secondary N) is 1. The molecule has 1 aliphatic carbocycles. The Labute approximate surface area is 187 Å². The summed E-state index contributed by atoms with van der Waals surface area (Å²) in [5.74, 6) is -0.0240. The van der Waals surface area contributed by atoms with Crippen molar-refractivity contribution < 1.29 is 14.3 Å². The summed E-state index contributed by atoms with van der Waals surface area (Å²) in [6.45, 7) is 1.82. The molecule has 164 valence electrons. The zero-order valence-corrected chi connectivity index (χ0v) is 18.1. The number of hydrogen-bond donors (Lipinski definition) is 1. The van der Waals surface area contributed by atoms with Crippen LogP contribution in [0.2, 0.25) is 5.02 Å². The first kappa shape index (κ1) is 21.6. The van der Waals surface area contributed by atoms with Crippen molar-refractivity contribution in [2.45, 2.75) is 37.8 Å². The molecule has 3 amide bonds. The molecule has 1 unspecified atom stereocenters. The second-order valence-electron chi connectivity index (χ2n) is 8.02. The van der Waals surface area contributed by atoms with Crippen LogP contribution in [0.4, 0.5) is 10.5 Å². The van der Waals surface area contributed by atoms with Gasteiger partial charge in [0.05, 0.1) is 24.8 Å². The topological polar surface area (TPSA) is 74.8 Å². The molecule has 8 heteroatoms. The second-order valence-corrected chi connectivity index (χ2v) is 8.45. The number of urea groups is 1. The molecule has 4 rings (SSSR count). The van der Waals surface area contributed by atoms with Gasteiger partial charge in [-0.3, -0.25) is 9.78 Å². The van der Waals surface area contributed by atoms with E-state index in [0.29, 0.717) is 42.5 Å². The quantitative estimate of drug-likeness (QED) is 0.757. The Balaban J connectivity index is 1.42. The van der Waals surface area contributed by atoms with Crippen LogP contribution in [0, 0.1) is 0 Å². The molecule has 1 N–H and O–H groups in total. The monoisotopic (exact) mass is 442 g/mol. The summed E-state index contributed by atoms with van der Waals surface area (Å²) in [6.07, 6.45) is 7.28. The van der Waals surface area contributed by atoms with Crippen LogP contribution >= 0.6 is 11.6 Å². The minimum Gasteiger partial charge on any atom is -0.373 e. The Kier molecular flexibility index (Phi) is 7.04. The van der Waals surface area contributed by atoms with Crippen LogP contribution in [0.5, 0.6) is 0 Å². The minimum absolute atomic E-state index is 0.0240. The Morgan fingerprint density at radius 1 is 1.23 bits per heavy atom. The van der Waals surface area contributed by atoms with E-state index < -0.39 is 0 Å². The summed E-state index contributed by atoms with van der Waals surface area (Å²) < 4.78 is 5.95. The zero-order valence-electron chi connectivity index (χ0n) is 17.4. The van der Waals surface area contributed by atoms with Gasteiger partial charge in [-0.2, -0.15) is 0 Å². The highest BCUT2D eigenvalue weighted by Crippen LogP contribution is 2.26. The van der Waals surface area contributed by atoms with E-state index in [2.05, 4.69) is 10.3 Å². The van der Waals surface area contributed by atoms with Crippen LogP contribution < -0.4 is 5.32 Å². The van der Waals surface area contributed by atoms with Crippen LogP contribution in [0.1, 0.15) is 36.0 Å². The average molecular weight is 443 g/mol. The summed E-state index contributed by atoms with van der Waals surface area (Å²) in [6, 6.07) is 10.7. The van der Waals surface area contributed by atoms with Gasteiger partial charge in [-0.1, -0.05) is 30.5 Å². The van der Waals surface area contributed by atoms with E-state index in [1.165, 1.54) is 0 Å². The Morgan fingerprint density at radius 3 is 2.81 bits per heavy atom. The van der Waals surface area contributed by atoms with Gasteiger partial charge >= 0.3 is 6.03 Å². The molecule has 0 radical (unpaired) electrons. The molecule has 1 aromatic carbocycles. The third-order valence-corrected chi connectivity index (χ3v) is 6.07. The molecular formula is C23H27ClN4O3. The highest BCUT2D eigenvalue weighted by molar-refractivity contribution is 6.30. The molecule has 1 saturated carbocycles. The molecule has 1 aromatic heterocycles. The van der Waals surface area contributed by atoms with Gasteiger partial charge in [0, 0.05) is 42.2 Å². The molecule has 7 nitrogen and oxygen atoms in total. The number of carbonyl (C=O) groups excluding carboxylic acids is 2. The molecule has 0 bridgehead atoms. The van der Waals surface area contributed by atoms with Crippen molar-refractivity contribution in [2.75, 3.05) is 31.6 Å². The molecule has 2 heterocycles. The van der Waals surface area contributed by atoms with Crippen LogP contribution in [0.15, 0.2) is 48.8 Å². The Hall–Kier alpha value is -2.64. The second kappa shape index (κ2) is 10.1. The van der Waals surface area contributed by atoms with Crippen LogP contribution in [-0.4, -0.2) is 65.1 Å². The fourth-order valence-electron chi connectivity index (χ4n) is 4.27. The number of ether oxygens (including phenoxy) is 1. The first-order chi connectivity index (χ1) is 15.1. The van der Waals surface area contributed by atoms with Crippen molar-refractivity contribution >= 4 is 29.2 Å². The van der Waals surface area contributed by atoms with E-state index in [1.54, 1.807) is 53.7 Å². The third-order valence-electron chi connectivity index (χ3n) is 5.84. The summed E-state index contributed by atoms with van der Waals surface area (Å²) in [5, 5.41) is 3.46. The number of benzene rings is 1. The van der Waals surface area contributed by atoms with Crippen LogP contribution in [0.25, 0.3) is 0 Å². The van der Waals surface area contributed by atoms with E-state index in [0.717, 1.165) is 25.7 Å². The predicted octanol–water partition coefficient (Wildman–Crippen LogP) is 4.05. The van der Waals surface area contributed by atoms with Crippen LogP contribution in [-0.2, 0) is 4.74 Å². The van der Waals surface area contributed by atoms with Gasteiger partial charge in [-0.25, -0.2) is 4.79 Å². The van der Waals surface area contributed by atoms with Gasteiger partial charge in [0.1, 0.15) is 0 Å². The van der Waals surface area contributed by atoms with Crippen molar-refractivity contribution in [2.24, 2.45) is 0 Å². The predicted molar refractivity (Wildman–Crippen MR) is 119 cm³/mol. The Morgan fingerprint density at radius 2 is 2.06 bits per heavy atom. The maximum atomic E-state index is 13.2. The minimum atomic E-state index is -0.236. The maximum Gasteiger partial charge on any atom is 0.322 e. The largest absolute Gasteiger partial charge is 0.373 e. The number of anilines is 1. The highest BCUT2D eigenvalue weighted by atomic mass is 35.5. The van der Waals surface area contributed by atoms with Crippen molar-refractivity contribution in [3.05, 3.63) is 59.4 Å². The molecule has 2 fully saturated rings. The lowest BCUT2D eigenvalue weighted by atomic mass is 10.1. The average Bonchev–Trinajstić information content (AvgIpc) is 3.32. The fraction of sp³-hybridized carbons (Fsp3) is 0.435.